The third-order valence-corrected chi connectivity index (χ3v) is 6.81. The monoisotopic (exact) mass is 408 g/mol. The lowest BCUT2D eigenvalue weighted by Gasteiger charge is -2.32. The maximum Gasteiger partial charge on any atom is 0.223 e. The minimum Gasteiger partial charge on any atom is -0.349 e. The van der Waals surface area contributed by atoms with E-state index in [9.17, 15) is 9.18 Å². The Labute approximate surface area is 179 Å². The van der Waals surface area contributed by atoms with Crippen molar-refractivity contribution in [3.8, 4) is 0 Å². The van der Waals surface area contributed by atoms with Gasteiger partial charge in [0.2, 0.25) is 5.91 Å². The standard InChI is InChI=1S/C26H33FN2O/c1-2-25(22-12-11-19-7-3-4-8-21(19)17-22)28-26(30)20-13-15-29(16-14-20)18-23-9-5-6-10-24(23)27/h5-6,9-12,17,20,25H,2-4,7-8,13-16,18H2,1H3,(H,28,30)/t25-/m0/s1. The van der Waals surface area contributed by atoms with Gasteiger partial charge < -0.3 is 5.32 Å². The summed E-state index contributed by atoms with van der Waals surface area (Å²) in [6.07, 6.45) is 7.47. The average Bonchev–Trinajstić information content (AvgIpc) is 2.79. The first-order valence-electron chi connectivity index (χ1n) is 11.5. The molecule has 0 unspecified atom stereocenters. The zero-order chi connectivity index (χ0) is 20.9. The molecule has 160 valence electrons. The lowest BCUT2D eigenvalue weighted by Crippen LogP contribution is -2.41. The smallest absolute Gasteiger partial charge is 0.223 e. The van der Waals surface area contributed by atoms with Crippen molar-refractivity contribution in [3.05, 3.63) is 70.5 Å². The number of aryl methyl sites for hydroxylation is 2. The lowest BCUT2D eigenvalue weighted by atomic mass is 9.88. The summed E-state index contributed by atoms with van der Waals surface area (Å²) >= 11 is 0. The Morgan fingerprint density at radius 2 is 1.83 bits per heavy atom. The second-order valence-corrected chi connectivity index (χ2v) is 8.85. The second-order valence-electron chi connectivity index (χ2n) is 8.85. The summed E-state index contributed by atoms with van der Waals surface area (Å²) in [5.74, 6) is 0.0758. The molecule has 1 amide bonds. The number of hydrogen-bond acceptors (Lipinski definition) is 2. The van der Waals surface area contributed by atoms with E-state index < -0.39 is 0 Å². The molecule has 1 aliphatic carbocycles. The first-order chi connectivity index (χ1) is 14.6. The van der Waals surface area contributed by atoms with Crippen LogP contribution in [0.1, 0.15) is 67.3 Å². The molecule has 0 saturated carbocycles. The van der Waals surface area contributed by atoms with Gasteiger partial charge in [0.15, 0.2) is 0 Å². The van der Waals surface area contributed by atoms with Gasteiger partial charge in [-0.1, -0.05) is 43.3 Å². The Morgan fingerprint density at radius 1 is 1.10 bits per heavy atom. The SMILES string of the molecule is CC[C@H](NC(=O)C1CCN(Cc2ccccc2F)CC1)c1ccc2c(c1)CCCC2. The highest BCUT2D eigenvalue weighted by Gasteiger charge is 2.27. The third-order valence-electron chi connectivity index (χ3n) is 6.81. The molecule has 1 heterocycles. The molecule has 1 fully saturated rings. The molecular weight excluding hydrogens is 375 g/mol. The number of rotatable bonds is 6. The maximum atomic E-state index is 13.9. The van der Waals surface area contributed by atoms with Gasteiger partial charge in [-0.25, -0.2) is 4.39 Å². The van der Waals surface area contributed by atoms with Crippen LogP contribution in [0.4, 0.5) is 4.39 Å². The van der Waals surface area contributed by atoms with Gasteiger partial charge in [-0.05, 0) is 80.8 Å². The number of likely N-dealkylation sites (tertiary alicyclic amines) is 1. The molecule has 3 nitrogen and oxygen atoms in total. The molecule has 0 aromatic heterocycles. The Morgan fingerprint density at radius 3 is 2.57 bits per heavy atom. The van der Waals surface area contributed by atoms with E-state index in [1.807, 2.05) is 12.1 Å². The predicted molar refractivity (Wildman–Crippen MR) is 119 cm³/mol. The predicted octanol–water partition coefficient (Wildman–Crippen LogP) is 5.18. The molecule has 4 rings (SSSR count). The molecule has 0 spiro atoms. The maximum absolute atomic E-state index is 13.9. The molecule has 30 heavy (non-hydrogen) atoms. The minimum absolute atomic E-state index is 0.0496. The van der Waals surface area contributed by atoms with Gasteiger partial charge in [0.1, 0.15) is 5.82 Å². The molecule has 0 radical (unpaired) electrons. The van der Waals surface area contributed by atoms with Gasteiger partial charge in [-0.3, -0.25) is 9.69 Å². The summed E-state index contributed by atoms with van der Waals surface area (Å²) in [7, 11) is 0. The number of carbonyl (C=O) groups is 1. The largest absolute Gasteiger partial charge is 0.349 e. The fourth-order valence-electron chi connectivity index (χ4n) is 4.90. The fourth-order valence-corrected chi connectivity index (χ4v) is 4.90. The Bertz CT molecular complexity index is 873. The van der Waals surface area contributed by atoms with Gasteiger partial charge in [-0.15, -0.1) is 0 Å². The third kappa shape index (κ3) is 4.92. The molecular formula is C26H33FN2O. The zero-order valence-electron chi connectivity index (χ0n) is 18.0. The van der Waals surface area contributed by atoms with Crippen LogP contribution >= 0.6 is 0 Å². The Kier molecular flexibility index (Phi) is 6.83. The second kappa shape index (κ2) is 9.74. The van der Waals surface area contributed by atoms with Crippen molar-refractivity contribution in [2.75, 3.05) is 13.1 Å². The van der Waals surface area contributed by atoms with Crippen molar-refractivity contribution in [1.29, 1.82) is 0 Å². The molecule has 2 aromatic rings. The molecule has 1 saturated heterocycles. The molecule has 1 atom stereocenters. The van der Waals surface area contributed by atoms with Gasteiger partial charge in [0.25, 0.3) is 0 Å². The minimum atomic E-state index is -0.145. The van der Waals surface area contributed by atoms with Crippen LogP contribution in [0, 0.1) is 11.7 Å². The normalized spacial score (nSPS) is 18.6. The number of hydrogen-bond donors (Lipinski definition) is 1. The summed E-state index contributed by atoms with van der Waals surface area (Å²) in [4.78, 5) is 15.2. The summed E-state index contributed by atoms with van der Waals surface area (Å²) < 4.78 is 13.9. The van der Waals surface area contributed by atoms with E-state index in [-0.39, 0.29) is 23.7 Å². The number of carbonyl (C=O) groups excluding carboxylic acids is 1. The van der Waals surface area contributed by atoms with Crippen LogP contribution in [-0.2, 0) is 24.2 Å². The summed E-state index contributed by atoms with van der Waals surface area (Å²) in [5.41, 5.74) is 4.92. The highest BCUT2D eigenvalue weighted by molar-refractivity contribution is 5.79. The highest BCUT2D eigenvalue weighted by Crippen LogP contribution is 2.27. The van der Waals surface area contributed by atoms with Crippen LogP contribution in [0.2, 0.25) is 0 Å². The van der Waals surface area contributed by atoms with Crippen molar-refractivity contribution >= 4 is 5.91 Å². The summed E-state index contributed by atoms with van der Waals surface area (Å²) in [5, 5.41) is 3.32. The van der Waals surface area contributed by atoms with Crippen molar-refractivity contribution in [2.45, 2.75) is 64.5 Å². The van der Waals surface area contributed by atoms with E-state index in [0.29, 0.717) is 6.54 Å². The van der Waals surface area contributed by atoms with Crippen LogP contribution < -0.4 is 5.32 Å². The molecule has 0 bridgehead atoms. The molecule has 4 heteroatoms. The summed E-state index contributed by atoms with van der Waals surface area (Å²) in [6, 6.07) is 13.8. The number of piperidine rings is 1. The fraction of sp³-hybridized carbons (Fsp3) is 0.500. The van der Waals surface area contributed by atoms with Gasteiger partial charge >= 0.3 is 0 Å². The van der Waals surface area contributed by atoms with E-state index in [4.69, 9.17) is 0 Å². The highest BCUT2D eigenvalue weighted by atomic mass is 19.1. The zero-order valence-corrected chi connectivity index (χ0v) is 18.0. The van der Waals surface area contributed by atoms with E-state index >= 15 is 0 Å². The quantitative estimate of drug-likeness (QED) is 0.714. The van der Waals surface area contributed by atoms with Crippen LogP contribution in [0.3, 0.4) is 0 Å². The first kappa shape index (κ1) is 21.0. The van der Waals surface area contributed by atoms with Gasteiger partial charge in [0, 0.05) is 18.0 Å². The topological polar surface area (TPSA) is 32.3 Å². The van der Waals surface area contributed by atoms with Crippen LogP contribution in [0.5, 0.6) is 0 Å². The van der Waals surface area contributed by atoms with Crippen LogP contribution in [0.25, 0.3) is 0 Å². The van der Waals surface area contributed by atoms with Crippen molar-refractivity contribution < 1.29 is 9.18 Å². The van der Waals surface area contributed by atoms with Gasteiger partial charge in [0.05, 0.1) is 6.04 Å². The van der Waals surface area contributed by atoms with Crippen LogP contribution in [-0.4, -0.2) is 23.9 Å². The van der Waals surface area contributed by atoms with Crippen molar-refractivity contribution in [1.82, 2.24) is 10.2 Å². The first-order valence-corrected chi connectivity index (χ1v) is 11.5. The Balaban J connectivity index is 1.32. The van der Waals surface area contributed by atoms with Crippen molar-refractivity contribution in [2.24, 2.45) is 5.92 Å². The molecule has 2 aromatic carbocycles. The van der Waals surface area contributed by atoms with E-state index in [0.717, 1.165) is 44.3 Å². The van der Waals surface area contributed by atoms with E-state index in [2.05, 4.69) is 35.3 Å². The van der Waals surface area contributed by atoms with E-state index in [1.54, 1.807) is 6.07 Å². The van der Waals surface area contributed by atoms with Gasteiger partial charge in [-0.2, -0.15) is 0 Å². The Hall–Kier alpha value is -2.20. The molecule has 1 N–H and O–H groups in total. The summed E-state index contributed by atoms with van der Waals surface area (Å²) in [6.45, 7) is 4.43. The van der Waals surface area contributed by atoms with Crippen molar-refractivity contribution in [3.63, 3.8) is 0 Å². The number of benzene rings is 2. The number of amides is 1. The molecule has 2 aliphatic rings. The number of nitrogens with one attached hydrogen (secondary N) is 1. The van der Waals surface area contributed by atoms with Crippen LogP contribution in [0.15, 0.2) is 42.5 Å². The number of halogens is 1. The van der Waals surface area contributed by atoms with E-state index in [1.165, 1.54) is 42.0 Å². The lowest BCUT2D eigenvalue weighted by molar-refractivity contribution is -0.127. The number of nitrogens with zero attached hydrogens (tertiary/aromatic N) is 1. The number of fused-ring (bicyclic) bond motifs is 1. The average molecular weight is 409 g/mol. The molecule has 1 aliphatic heterocycles.